The van der Waals surface area contributed by atoms with Gasteiger partial charge in [-0.15, -0.1) is 0 Å². The highest BCUT2D eigenvalue weighted by Gasteiger charge is 2.23. The maximum atomic E-state index is 6.00. The summed E-state index contributed by atoms with van der Waals surface area (Å²) < 4.78 is 8.74. The summed E-state index contributed by atoms with van der Waals surface area (Å²) in [6, 6.07) is 2.01. The Morgan fingerprint density at radius 2 is 2.07 bits per heavy atom. The predicted octanol–water partition coefficient (Wildman–Crippen LogP) is 3.03. The first-order valence-corrected chi connectivity index (χ1v) is 11.0. The van der Waals surface area contributed by atoms with E-state index < -0.39 is 0 Å². The number of nitrogen functional groups attached to an aromatic ring is 1. The Morgan fingerprint density at radius 1 is 1.31 bits per heavy atom. The van der Waals surface area contributed by atoms with E-state index >= 15 is 0 Å². The molecule has 154 valence electrons. The molecule has 1 saturated heterocycles. The first kappa shape index (κ1) is 21.2. The molecule has 0 atom stereocenters. The van der Waals surface area contributed by atoms with Crippen molar-refractivity contribution in [2.75, 3.05) is 41.8 Å². The third-order valence-corrected chi connectivity index (χ3v) is 5.45. The largest absolute Gasteiger partial charge is 0.381 e. The maximum Gasteiger partial charge on any atom is 0.222 e. The third-order valence-electron chi connectivity index (χ3n) is 5.02. The normalized spacial score (nSPS) is 14.4. The SMILES string of the molecule is CCc1nc(N)nc(N2CCC(OC)CC2)c1C#Cc1cnc(C)c(NSC)c1. The molecule has 0 spiro atoms. The second-order valence-electron chi connectivity index (χ2n) is 6.92. The number of nitrogens with two attached hydrogens (primary N) is 1. The number of ether oxygens (including phenoxy) is 1. The van der Waals surface area contributed by atoms with Crippen molar-refractivity contribution >= 4 is 29.4 Å². The molecule has 1 aliphatic rings. The Morgan fingerprint density at radius 3 is 2.72 bits per heavy atom. The number of aryl methyl sites for hydroxylation is 2. The molecule has 0 aromatic carbocycles. The van der Waals surface area contributed by atoms with Gasteiger partial charge < -0.3 is 20.1 Å². The number of anilines is 3. The molecule has 3 N–H and O–H groups in total. The summed E-state index contributed by atoms with van der Waals surface area (Å²) in [6.07, 6.45) is 6.73. The summed E-state index contributed by atoms with van der Waals surface area (Å²) in [5, 5.41) is 0. The van der Waals surface area contributed by atoms with E-state index in [1.165, 1.54) is 11.9 Å². The van der Waals surface area contributed by atoms with Crippen molar-refractivity contribution in [2.24, 2.45) is 0 Å². The molecule has 1 fully saturated rings. The topological polar surface area (TPSA) is 89.2 Å². The highest BCUT2D eigenvalue weighted by molar-refractivity contribution is 7.99. The van der Waals surface area contributed by atoms with Crippen LogP contribution in [0.4, 0.5) is 17.5 Å². The minimum Gasteiger partial charge on any atom is -0.381 e. The number of piperidine rings is 1. The van der Waals surface area contributed by atoms with Crippen LogP contribution in [-0.2, 0) is 11.2 Å². The standard InChI is InChI=1S/C21H28N6OS/c1-5-18-17(7-6-15-12-19(26-29-4)14(2)23-13-15)20(25-21(22)24-18)27-10-8-16(28-3)9-11-27/h12-13,16,26H,5,8-11H2,1-4H3,(H2,22,24,25). The molecular formula is C21H28N6OS. The number of pyridine rings is 1. The van der Waals surface area contributed by atoms with Crippen LogP contribution < -0.4 is 15.4 Å². The van der Waals surface area contributed by atoms with Crippen molar-refractivity contribution in [2.45, 2.75) is 39.2 Å². The Balaban J connectivity index is 1.97. The molecule has 0 bridgehead atoms. The average Bonchev–Trinajstić information content (AvgIpc) is 2.74. The van der Waals surface area contributed by atoms with Gasteiger partial charge in [0.05, 0.1) is 28.7 Å². The minimum absolute atomic E-state index is 0.291. The van der Waals surface area contributed by atoms with Gasteiger partial charge in [-0.2, -0.15) is 4.98 Å². The lowest BCUT2D eigenvalue weighted by molar-refractivity contribution is 0.0818. The van der Waals surface area contributed by atoms with E-state index in [-0.39, 0.29) is 0 Å². The molecule has 3 rings (SSSR count). The molecule has 2 aromatic heterocycles. The molecule has 7 nitrogen and oxygen atoms in total. The Labute approximate surface area is 177 Å². The quantitative estimate of drug-likeness (QED) is 0.572. The van der Waals surface area contributed by atoms with Crippen LogP contribution in [0.2, 0.25) is 0 Å². The van der Waals surface area contributed by atoms with Gasteiger partial charge in [-0.25, -0.2) is 4.98 Å². The van der Waals surface area contributed by atoms with Crippen molar-refractivity contribution in [3.8, 4) is 11.8 Å². The van der Waals surface area contributed by atoms with Crippen molar-refractivity contribution in [1.82, 2.24) is 15.0 Å². The summed E-state index contributed by atoms with van der Waals surface area (Å²) >= 11 is 1.53. The lowest BCUT2D eigenvalue weighted by Gasteiger charge is -2.33. The first-order chi connectivity index (χ1) is 14.0. The molecule has 29 heavy (non-hydrogen) atoms. The molecular weight excluding hydrogens is 384 g/mol. The van der Waals surface area contributed by atoms with Gasteiger partial charge in [-0.1, -0.05) is 30.7 Å². The van der Waals surface area contributed by atoms with Crippen LogP contribution in [0.25, 0.3) is 0 Å². The van der Waals surface area contributed by atoms with Crippen molar-refractivity contribution in [3.05, 3.63) is 34.8 Å². The monoisotopic (exact) mass is 412 g/mol. The van der Waals surface area contributed by atoms with Crippen LogP contribution in [0.3, 0.4) is 0 Å². The fraction of sp³-hybridized carbons (Fsp3) is 0.476. The van der Waals surface area contributed by atoms with Crippen LogP contribution in [0.1, 0.15) is 42.3 Å². The van der Waals surface area contributed by atoms with Crippen LogP contribution in [0.15, 0.2) is 12.3 Å². The Kier molecular flexibility index (Phi) is 7.18. The van der Waals surface area contributed by atoms with Gasteiger partial charge in [0.1, 0.15) is 5.82 Å². The zero-order valence-corrected chi connectivity index (χ0v) is 18.3. The van der Waals surface area contributed by atoms with Crippen molar-refractivity contribution in [1.29, 1.82) is 0 Å². The molecule has 0 amide bonds. The molecule has 0 saturated carbocycles. The molecule has 0 radical (unpaired) electrons. The van der Waals surface area contributed by atoms with Crippen LogP contribution in [0.5, 0.6) is 0 Å². The van der Waals surface area contributed by atoms with Crippen LogP contribution in [-0.4, -0.2) is 47.5 Å². The van der Waals surface area contributed by atoms with Gasteiger partial charge in [-0.05, 0) is 32.3 Å². The van der Waals surface area contributed by atoms with E-state index in [4.69, 9.17) is 10.5 Å². The van der Waals surface area contributed by atoms with Gasteiger partial charge in [0.2, 0.25) is 5.95 Å². The summed E-state index contributed by atoms with van der Waals surface area (Å²) in [7, 11) is 1.77. The zero-order valence-electron chi connectivity index (χ0n) is 17.5. The second kappa shape index (κ2) is 9.81. The maximum absolute atomic E-state index is 6.00. The number of methoxy groups -OCH3 is 1. The summed E-state index contributed by atoms with van der Waals surface area (Å²) in [5.41, 5.74) is 10.5. The molecule has 8 heteroatoms. The highest BCUT2D eigenvalue weighted by atomic mass is 32.2. The number of hydrogen-bond acceptors (Lipinski definition) is 8. The number of nitrogens with zero attached hydrogens (tertiary/aromatic N) is 4. The molecule has 0 aliphatic carbocycles. The number of hydrogen-bond donors (Lipinski definition) is 2. The summed E-state index contributed by atoms with van der Waals surface area (Å²) in [6.45, 7) is 5.75. The fourth-order valence-electron chi connectivity index (χ4n) is 3.38. The van der Waals surface area contributed by atoms with E-state index in [9.17, 15) is 0 Å². The number of aromatic nitrogens is 3. The third kappa shape index (κ3) is 5.11. The lowest BCUT2D eigenvalue weighted by Crippen LogP contribution is -2.38. The van der Waals surface area contributed by atoms with Gasteiger partial charge in [0.15, 0.2) is 0 Å². The predicted molar refractivity (Wildman–Crippen MR) is 120 cm³/mol. The Bertz CT molecular complexity index is 915. The smallest absolute Gasteiger partial charge is 0.222 e. The number of nitrogens with one attached hydrogen (secondary N) is 1. The van der Waals surface area contributed by atoms with Crippen LogP contribution in [0, 0.1) is 18.8 Å². The first-order valence-electron chi connectivity index (χ1n) is 9.77. The van der Waals surface area contributed by atoms with Crippen LogP contribution >= 0.6 is 11.9 Å². The van der Waals surface area contributed by atoms with E-state index in [2.05, 4.69) is 43.3 Å². The molecule has 2 aromatic rings. The lowest BCUT2D eigenvalue weighted by atomic mass is 10.1. The average molecular weight is 413 g/mol. The van der Waals surface area contributed by atoms with E-state index in [0.717, 1.165) is 66.4 Å². The zero-order chi connectivity index (χ0) is 20.8. The summed E-state index contributed by atoms with van der Waals surface area (Å²) in [4.78, 5) is 15.7. The van der Waals surface area contributed by atoms with E-state index in [1.807, 2.05) is 19.2 Å². The molecule has 0 unspecified atom stereocenters. The fourth-order valence-corrected chi connectivity index (χ4v) is 3.80. The van der Waals surface area contributed by atoms with E-state index in [1.54, 1.807) is 13.3 Å². The van der Waals surface area contributed by atoms with Crippen molar-refractivity contribution < 1.29 is 4.74 Å². The number of rotatable bonds is 5. The minimum atomic E-state index is 0.291. The molecule has 3 heterocycles. The summed E-state index contributed by atoms with van der Waals surface area (Å²) in [5.74, 6) is 7.67. The highest BCUT2D eigenvalue weighted by Crippen LogP contribution is 2.26. The van der Waals surface area contributed by atoms with Gasteiger partial charge in [-0.3, -0.25) is 4.98 Å². The Hall–Kier alpha value is -2.50. The van der Waals surface area contributed by atoms with Gasteiger partial charge in [0.25, 0.3) is 0 Å². The van der Waals surface area contributed by atoms with E-state index in [0.29, 0.717) is 12.1 Å². The molecule has 1 aliphatic heterocycles. The second-order valence-corrected chi connectivity index (χ2v) is 7.53. The van der Waals surface area contributed by atoms with Gasteiger partial charge in [0, 0.05) is 38.2 Å². The van der Waals surface area contributed by atoms with Crippen molar-refractivity contribution in [3.63, 3.8) is 0 Å². The van der Waals surface area contributed by atoms with Gasteiger partial charge >= 0.3 is 0 Å².